The number of aryl methyl sites for hydroxylation is 1. The number of imide groups is 1. The van der Waals surface area contributed by atoms with Crippen LogP contribution >= 0.6 is 0 Å². The van der Waals surface area contributed by atoms with Gasteiger partial charge in [0, 0.05) is 12.6 Å². The highest BCUT2D eigenvalue weighted by Gasteiger charge is 2.36. The van der Waals surface area contributed by atoms with Gasteiger partial charge in [-0.05, 0) is 42.5 Å². The molecular weight excluding hydrogens is 450 g/mol. The molecule has 2 aromatic heterocycles. The van der Waals surface area contributed by atoms with E-state index in [-0.39, 0.29) is 29.2 Å². The van der Waals surface area contributed by atoms with Crippen molar-refractivity contribution in [3.8, 4) is 0 Å². The van der Waals surface area contributed by atoms with Crippen molar-refractivity contribution in [1.82, 2.24) is 15.1 Å². The van der Waals surface area contributed by atoms with Crippen molar-refractivity contribution in [2.24, 2.45) is 7.05 Å². The first-order valence-electron chi connectivity index (χ1n) is 10.7. The Bertz CT molecular complexity index is 1440. The molecule has 0 unspecified atom stereocenters. The van der Waals surface area contributed by atoms with E-state index in [9.17, 15) is 19.2 Å². The summed E-state index contributed by atoms with van der Waals surface area (Å²) < 4.78 is 6.56. The number of carbonyl (C=O) groups is 4. The molecule has 1 aliphatic rings. The summed E-state index contributed by atoms with van der Waals surface area (Å²) in [5.74, 6) is -1.30. The number of amides is 4. The zero-order chi connectivity index (χ0) is 24.5. The summed E-state index contributed by atoms with van der Waals surface area (Å²) in [6.45, 7) is 0.173. The molecule has 0 aliphatic carbocycles. The molecule has 4 amide bonds. The molecule has 174 valence electrons. The summed E-state index contributed by atoms with van der Waals surface area (Å²) in [5.41, 5.74) is 1.46. The summed E-state index contributed by atoms with van der Waals surface area (Å²) in [4.78, 5) is 52.4. The first-order chi connectivity index (χ1) is 16.9. The molecule has 10 heteroatoms. The molecule has 0 spiro atoms. The van der Waals surface area contributed by atoms with E-state index in [0.29, 0.717) is 16.9 Å². The minimum absolute atomic E-state index is 0.154. The number of nitrogens with zero attached hydrogens (tertiary/aromatic N) is 3. The fourth-order valence-electron chi connectivity index (χ4n) is 3.87. The van der Waals surface area contributed by atoms with Gasteiger partial charge in [0.15, 0.2) is 0 Å². The lowest BCUT2D eigenvalue weighted by Crippen LogP contribution is -2.29. The van der Waals surface area contributed by atoms with Gasteiger partial charge in [-0.25, -0.2) is 4.90 Å². The molecule has 2 N–H and O–H groups in total. The number of benzene rings is 2. The predicted octanol–water partition coefficient (Wildman–Crippen LogP) is 3.00. The van der Waals surface area contributed by atoms with E-state index in [4.69, 9.17) is 4.42 Å². The van der Waals surface area contributed by atoms with Crippen molar-refractivity contribution >= 4 is 35.0 Å². The van der Waals surface area contributed by atoms with Crippen molar-refractivity contribution < 1.29 is 23.6 Å². The summed E-state index contributed by atoms with van der Waals surface area (Å²) in [6, 6.07) is 16.2. The van der Waals surface area contributed by atoms with E-state index in [1.54, 1.807) is 61.6 Å². The Kier molecular flexibility index (Phi) is 5.46. The maximum absolute atomic E-state index is 13.0. The number of anilines is 2. The third kappa shape index (κ3) is 3.97. The van der Waals surface area contributed by atoms with E-state index in [1.807, 2.05) is 0 Å². The molecular formula is C25H19N5O5. The third-order valence-electron chi connectivity index (χ3n) is 5.57. The third-order valence-corrected chi connectivity index (χ3v) is 5.57. The van der Waals surface area contributed by atoms with Gasteiger partial charge in [-0.15, -0.1) is 0 Å². The second-order valence-electron chi connectivity index (χ2n) is 7.79. The van der Waals surface area contributed by atoms with Crippen LogP contribution in [0, 0.1) is 0 Å². The predicted molar refractivity (Wildman–Crippen MR) is 125 cm³/mol. The second-order valence-corrected chi connectivity index (χ2v) is 7.79. The van der Waals surface area contributed by atoms with Crippen LogP contribution in [0.25, 0.3) is 0 Å². The summed E-state index contributed by atoms with van der Waals surface area (Å²) in [6.07, 6.45) is 2.88. The van der Waals surface area contributed by atoms with Crippen molar-refractivity contribution in [2.45, 2.75) is 6.54 Å². The van der Waals surface area contributed by atoms with Crippen LogP contribution in [-0.2, 0) is 13.6 Å². The first-order valence-corrected chi connectivity index (χ1v) is 10.7. The Labute approximate surface area is 199 Å². The summed E-state index contributed by atoms with van der Waals surface area (Å²) in [7, 11) is 1.58. The highest BCUT2D eigenvalue weighted by Crippen LogP contribution is 2.29. The quantitative estimate of drug-likeness (QED) is 0.418. The fourth-order valence-corrected chi connectivity index (χ4v) is 3.87. The molecule has 0 atom stereocenters. The van der Waals surface area contributed by atoms with E-state index in [0.717, 1.165) is 4.90 Å². The van der Waals surface area contributed by atoms with Crippen molar-refractivity contribution in [3.63, 3.8) is 0 Å². The molecule has 0 saturated carbocycles. The molecule has 1 aliphatic heterocycles. The molecule has 10 nitrogen and oxygen atoms in total. The molecule has 0 radical (unpaired) electrons. The van der Waals surface area contributed by atoms with Crippen molar-refractivity contribution in [2.75, 3.05) is 10.2 Å². The van der Waals surface area contributed by atoms with E-state index >= 15 is 0 Å². The minimum atomic E-state index is -0.531. The molecule has 2 aromatic carbocycles. The molecule has 3 heterocycles. The van der Waals surface area contributed by atoms with Gasteiger partial charge in [0.1, 0.15) is 11.5 Å². The monoisotopic (exact) mass is 469 g/mol. The average Bonchev–Trinajstić information content (AvgIpc) is 3.57. The molecule has 0 bridgehead atoms. The minimum Gasteiger partial charge on any atom is -0.467 e. The number of fused-ring (bicyclic) bond motifs is 1. The van der Waals surface area contributed by atoms with Crippen molar-refractivity contribution in [1.29, 1.82) is 0 Å². The van der Waals surface area contributed by atoms with Gasteiger partial charge in [-0.2, -0.15) is 5.10 Å². The number of furan rings is 1. The Morgan fingerprint density at radius 2 is 1.69 bits per heavy atom. The number of aromatic nitrogens is 2. The summed E-state index contributed by atoms with van der Waals surface area (Å²) in [5, 5.41) is 9.48. The SMILES string of the molecule is Cn1ncc(NC(=O)c2cccc(N3C(=O)c4ccccc4C3=O)c2)c1C(=O)NCc1ccco1. The van der Waals surface area contributed by atoms with Gasteiger partial charge in [0.2, 0.25) is 0 Å². The van der Waals surface area contributed by atoms with Crippen LogP contribution in [-0.4, -0.2) is 33.4 Å². The number of hydrogen-bond acceptors (Lipinski definition) is 6. The standard InChI is InChI=1S/C25H19N5O5/c1-29-21(23(32)26-13-17-8-5-11-35-17)20(14-27-29)28-22(31)15-6-4-7-16(12-15)30-24(33)18-9-2-3-10-19(18)25(30)34/h2-12,14H,13H2,1H3,(H,26,32)(H,28,31). The van der Waals surface area contributed by atoms with Gasteiger partial charge < -0.3 is 15.1 Å². The lowest BCUT2D eigenvalue weighted by molar-refractivity contribution is 0.0918. The molecule has 35 heavy (non-hydrogen) atoms. The highest BCUT2D eigenvalue weighted by atomic mass is 16.3. The zero-order valence-electron chi connectivity index (χ0n) is 18.5. The largest absolute Gasteiger partial charge is 0.467 e. The normalized spacial score (nSPS) is 12.5. The molecule has 4 aromatic rings. The number of hydrogen-bond donors (Lipinski definition) is 2. The Morgan fingerprint density at radius 3 is 2.37 bits per heavy atom. The number of nitrogens with one attached hydrogen (secondary N) is 2. The van der Waals surface area contributed by atoms with E-state index in [1.165, 1.54) is 23.2 Å². The van der Waals surface area contributed by atoms with Crippen LogP contribution in [0.2, 0.25) is 0 Å². The van der Waals surface area contributed by atoms with Crippen LogP contribution in [0.4, 0.5) is 11.4 Å². The fraction of sp³-hybridized carbons (Fsp3) is 0.0800. The second kappa shape index (κ2) is 8.75. The molecule has 0 saturated heterocycles. The van der Waals surface area contributed by atoms with Crippen LogP contribution in [0.5, 0.6) is 0 Å². The van der Waals surface area contributed by atoms with Gasteiger partial charge in [-0.3, -0.25) is 23.9 Å². The topological polar surface area (TPSA) is 127 Å². The first kappa shape index (κ1) is 21.8. The maximum Gasteiger partial charge on any atom is 0.272 e. The van der Waals surface area contributed by atoms with Gasteiger partial charge in [0.25, 0.3) is 23.6 Å². The Balaban J connectivity index is 1.35. The van der Waals surface area contributed by atoms with Crippen LogP contribution < -0.4 is 15.5 Å². The van der Waals surface area contributed by atoms with Crippen LogP contribution in [0.1, 0.15) is 47.3 Å². The summed E-state index contributed by atoms with van der Waals surface area (Å²) >= 11 is 0. The highest BCUT2D eigenvalue weighted by molar-refractivity contribution is 6.34. The van der Waals surface area contributed by atoms with Gasteiger partial charge >= 0.3 is 0 Å². The van der Waals surface area contributed by atoms with E-state index in [2.05, 4.69) is 15.7 Å². The van der Waals surface area contributed by atoms with Crippen LogP contribution in [0.3, 0.4) is 0 Å². The number of carbonyl (C=O) groups excluding carboxylic acids is 4. The van der Waals surface area contributed by atoms with Gasteiger partial charge in [-0.1, -0.05) is 18.2 Å². The van der Waals surface area contributed by atoms with E-state index < -0.39 is 23.6 Å². The van der Waals surface area contributed by atoms with Gasteiger partial charge in [0.05, 0.1) is 41.5 Å². The average molecular weight is 469 g/mol. The maximum atomic E-state index is 13.0. The smallest absolute Gasteiger partial charge is 0.272 e. The zero-order valence-corrected chi connectivity index (χ0v) is 18.5. The lowest BCUT2D eigenvalue weighted by atomic mass is 10.1. The molecule has 0 fully saturated rings. The van der Waals surface area contributed by atoms with Crippen molar-refractivity contribution in [3.05, 3.63) is 101 Å². The Hall–Kier alpha value is -4.99. The number of rotatable bonds is 6. The molecule has 5 rings (SSSR count). The lowest BCUT2D eigenvalue weighted by Gasteiger charge is -2.15. The Morgan fingerprint density at radius 1 is 0.943 bits per heavy atom. The van der Waals surface area contributed by atoms with Crippen LogP contribution in [0.15, 0.2) is 77.5 Å².